The number of nitrogens with zero attached hydrogens (tertiary/aromatic N) is 2. The number of nitrogens with one attached hydrogen (secondary N) is 1. The van der Waals surface area contributed by atoms with Crippen molar-refractivity contribution in [3.05, 3.63) is 58.9 Å². The zero-order valence-corrected chi connectivity index (χ0v) is 12.5. The van der Waals surface area contributed by atoms with E-state index in [1.54, 1.807) is 24.4 Å². The van der Waals surface area contributed by atoms with Crippen LogP contribution >= 0.6 is 11.6 Å². The number of nitriles is 1. The number of aryl methyl sites for hydroxylation is 1. The number of pyridine rings is 1. The van der Waals surface area contributed by atoms with E-state index >= 15 is 0 Å². The summed E-state index contributed by atoms with van der Waals surface area (Å²) in [5.41, 5.74) is 1.23. The molecule has 2 rings (SSSR count). The first-order valence-corrected chi connectivity index (χ1v) is 8.13. The van der Waals surface area contributed by atoms with Crippen molar-refractivity contribution in [3.8, 4) is 6.07 Å². The zero-order chi connectivity index (χ0) is 15.3. The fourth-order valence-electron chi connectivity index (χ4n) is 1.68. The van der Waals surface area contributed by atoms with Crippen molar-refractivity contribution < 1.29 is 8.42 Å². The molecule has 108 valence electrons. The van der Waals surface area contributed by atoms with Crippen LogP contribution in [0.2, 0.25) is 5.02 Å². The van der Waals surface area contributed by atoms with Gasteiger partial charge in [0.1, 0.15) is 0 Å². The minimum Gasteiger partial charge on any atom is -0.282 e. The summed E-state index contributed by atoms with van der Waals surface area (Å²) in [5.74, 6) is -0.114. The third kappa shape index (κ3) is 4.45. The van der Waals surface area contributed by atoms with Gasteiger partial charge in [-0.15, -0.1) is 0 Å². The molecule has 0 aliphatic heterocycles. The molecule has 0 amide bonds. The monoisotopic (exact) mass is 321 g/mol. The van der Waals surface area contributed by atoms with Gasteiger partial charge in [-0.25, -0.2) is 8.42 Å². The zero-order valence-electron chi connectivity index (χ0n) is 11.0. The molecule has 2 aromatic rings. The van der Waals surface area contributed by atoms with Crippen LogP contribution in [0.15, 0.2) is 42.6 Å². The van der Waals surface area contributed by atoms with E-state index in [1.165, 1.54) is 18.2 Å². The second-order valence-corrected chi connectivity index (χ2v) is 6.55. The third-order valence-electron chi connectivity index (χ3n) is 2.71. The first-order valence-electron chi connectivity index (χ1n) is 6.10. The lowest BCUT2D eigenvalue weighted by molar-refractivity contribution is 0.600. The molecule has 5 nitrogen and oxygen atoms in total. The number of aromatic nitrogens is 1. The average molecular weight is 322 g/mol. The van der Waals surface area contributed by atoms with Crippen LogP contribution in [-0.4, -0.2) is 19.2 Å². The fraction of sp³-hybridized carbons (Fsp3) is 0.143. The van der Waals surface area contributed by atoms with Gasteiger partial charge in [-0.2, -0.15) is 5.26 Å². The molecular weight excluding hydrogens is 310 g/mol. The molecule has 0 saturated carbocycles. The molecule has 1 N–H and O–H groups in total. The molecular formula is C14H12ClN3O2S. The van der Waals surface area contributed by atoms with Crippen molar-refractivity contribution in [3.63, 3.8) is 0 Å². The van der Waals surface area contributed by atoms with Gasteiger partial charge >= 0.3 is 0 Å². The summed E-state index contributed by atoms with van der Waals surface area (Å²) < 4.78 is 26.5. The molecule has 0 unspecified atom stereocenters. The Kier molecular flexibility index (Phi) is 4.78. The quantitative estimate of drug-likeness (QED) is 0.917. The van der Waals surface area contributed by atoms with Crippen molar-refractivity contribution in [2.75, 3.05) is 10.5 Å². The highest BCUT2D eigenvalue weighted by Crippen LogP contribution is 2.24. The lowest BCUT2D eigenvalue weighted by Crippen LogP contribution is -2.18. The number of anilines is 1. The fourth-order valence-corrected chi connectivity index (χ4v) is 2.98. The Hall–Kier alpha value is -2.10. The molecule has 1 aromatic carbocycles. The van der Waals surface area contributed by atoms with E-state index in [0.29, 0.717) is 17.7 Å². The predicted molar refractivity (Wildman–Crippen MR) is 81.5 cm³/mol. The van der Waals surface area contributed by atoms with Crippen LogP contribution in [-0.2, 0) is 16.4 Å². The molecule has 0 aliphatic rings. The van der Waals surface area contributed by atoms with Gasteiger partial charge in [0.2, 0.25) is 10.0 Å². The summed E-state index contributed by atoms with van der Waals surface area (Å²) in [6.07, 6.45) is 1.91. The van der Waals surface area contributed by atoms with Gasteiger partial charge in [0.25, 0.3) is 0 Å². The van der Waals surface area contributed by atoms with Gasteiger partial charge in [0.15, 0.2) is 0 Å². The summed E-state index contributed by atoms with van der Waals surface area (Å²) in [6.45, 7) is 0. The standard InChI is InChI=1S/C14H12ClN3O2S/c15-13-5-4-11(10-16)9-14(13)18-21(19,20)8-6-12-3-1-2-7-17-12/h1-5,7,9,18H,6,8H2. The summed E-state index contributed by atoms with van der Waals surface area (Å²) in [6, 6.07) is 11.7. The maximum Gasteiger partial charge on any atom is 0.233 e. The van der Waals surface area contributed by atoms with Crippen molar-refractivity contribution in [2.24, 2.45) is 0 Å². The smallest absolute Gasteiger partial charge is 0.233 e. The highest BCUT2D eigenvalue weighted by molar-refractivity contribution is 7.92. The van der Waals surface area contributed by atoms with Gasteiger partial charge in [-0.1, -0.05) is 17.7 Å². The Morgan fingerprint density at radius 1 is 1.29 bits per heavy atom. The first kappa shape index (κ1) is 15.3. The summed E-state index contributed by atoms with van der Waals surface area (Å²) in [4.78, 5) is 4.07. The van der Waals surface area contributed by atoms with Gasteiger partial charge < -0.3 is 0 Å². The largest absolute Gasteiger partial charge is 0.282 e. The molecule has 21 heavy (non-hydrogen) atoms. The normalized spacial score (nSPS) is 10.9. The average Bonchev–Trinajstić information content (AvgIpc) is 2.48. The number of hydrogen-bond acceptors (Lipinski definition) is 4. The number of halogens is 1. The van der Waals surface area contributed by atoms with E-state index in [4.69, 9.17) is 16.9 Å². The maximum absolute atomic E-state index is 12.0. The SMILES string of the molecule is N#Cc1ccc(Cl)c(NS(=O)(=O)CCc2ccccn2)c1. The van der Waals surface area contributed by atoms with Gasteiger partial charge in [0, 0.05) is 18.3 Å². The van der Waals surface area contributed by atoms with E-state index in [-0.39, 0.29) is 16.5 Å². The Morgan fingerprint density at radius 3 is 2.76 bits per heavy atom. The van der Waals surface area contributed by atoms with E-state index < -0.39 is 10.0 Å². The van der Waals surface area contributed by atoms with E-state index in [9.17, 15) is 8.42 Å². The Bertz CT molecular complexity index is 771. The first-order chi connectivity index (χ1) is 10.00. The number of rotatable bonds is 5. The molecule has 1 aromatic heterocycles. The topological polar surface area (TPSA) is 82.9 Å². The van der Waals surface area contributed by atoms with Crippen molar-refractivity contribution in [2.45, 2.75) is 6.42 Å². The molecule has 0 radical (unpaired) electrons. The summed E-state index contributed by atoms with van der Waals surface area (Å²) in [7, 11) is -3.56. The lowest BCUT2D eigenvalue weighted by atomic mass is 10.2. The highest BCUT2D eigenvalue weighted by atomic mass is 35.5. The molecule has 1 heterocycles. The molecule has 7 heteroatoms. The second-order valence-electron chi connectivity index (χ2n) is 4.30. The van der Waals surface area contributed by atoms with Gasteiger partial charge in [0.05, 0.1) is 28.1 Å². The van der Waals surface area contributed by atoms with Crippen LogP contribution in [0, 0.1) is 11.3 Å². The number of benzene rings is 1. The van der Waals surface area contributed by atoms with Crippen molar-refractivity contribution in [1.82, 2.24) is 4.98 Å². The molecule has 0 aliphatic carbocycles. The van der Waals surface area contributed by atoms with Gasteiger partial charge in [-0.3, -0.25) is 9.71 Å². The minimum atomic E-state index is -3.56. The van der Waals surface area contributed by atoms with E-state index in [2.05, 4.69) is 9.71 Å². The molecule has 0 saturated heterocycles. The maximum atomic E-state index is 12.0. The molecule has 0 spiro atoms. The predicted octanol–water partition coefficient (Wildman–Crippen LogP) is 2.59. The van der Waals surface area contributed by atoms with Crippen LogP contribution in [0.1, 0.15) is 11.3 Å². The third-order valence-corrected chi connectivity index (χ3v) is 4.32. The molecule has 0 fully saturated rings. The summed E-state index contributed by atoms with van der Waals surface area (Å²) >= 11 is 5.93. The highest BCUT2D eigenvalue weighted by Gasteiger charge is 2.13. The Morgan fingerprint density at radius 2 is 2.10 bits per heavy atom. The second kappa shape index (κ2) is 6.57. The van der Waals surface area contributed by atoms with Crippen molar-refractivity contribution in [1.29, 1.82) is 5.26 Å². The van der Waals surface area contributed by atoms with Crippen LogP contribution in [0.25, 0.3) is 0 Å². The van der Waals surface area contributed by atoms with Crippen LogP contribution in [0.5, 0.6) is 0 Å². The van der Waals surface area contributed by atoms with Crippen molar-refractivity contribution >= 4 is 27.3 Å². The number of sulfonamides is 1. The molecule has 0 bridgehead atoms. The molecule has 0 atom stereocenters. The lowest BCUT2D eigenvalue weighted by Gasteiger charge is -2.09. The Labute approximate surface area is 128 Å². The van der Waals surface area contributed by atoms with Gasteiger partial charge in [-0.05, 0) is 30.3 Å². The minimum absolute atomic E-state index is 0.114. The van der Waals surface area contributed by atoms with Crippen LogP contribution in [0.3, 0.4) is 0 Å². The Balaban J connectivity index is 2.09. The number of hydrogen-bond donors (Lipinski definition) is 1. The summed E-state index contributed by atoms with van der Waals surface area (Å²) in [5, 5.41) is 9.07. The van der Waals surface area contributed by atoms with Crippen LogP contribution in [0.4, 0.5) is 5.69 Å². The van der Waals surface area contributed by atoms with Crippen LogP contribution < -0.4 is 4.72 Å². The van der Waals surface area contributed by atoms with E-state index in [1.807, 2.05) is 6.07 Å². The van der Waals surface area contributed by atoms with E-state index in [0.717, 1.165) is 0 Å².